The molecular formula is C16H14BrN3. The van der Waals surface area contributed by atoms with Crippen LogP contribution in [0.2, 0.25) is 0 Å². The van der Waals surface area contributed by atoms with Crippen LogP contribution in [0.25, 0.3) is 0 Å². The Morgan fingerprint density at radius 3 is 2.30 bits per heavy atom. The van der Waals surface area contributed by atoms with E-state index in [9.17, 15) is 0 Å². The van der Waals surface area contributed by atoms with E-state index in [2.05, 4.69) is 68.6 Å². The highest BCUT2D eigenvalue weighted by Crippen LogP contribution is 2.19. The van der Waals surface area contributed by atoms with Crippen molar-refractivity contribution in [1.29, 1.82) is 0 Å². The smallest absolute Gasteiger partial charge is 0.0857 e. The van der Waals surface area contributed by atoms with Crippen molar-refractivity contribution in [2.45, 2.75) is 13.0 Å². The quantitative estimate of drug-likeness (QED) is 0.731. The van der Waals surface area contributed by atoms with Gasteiger partial charge in [-0.2, -0.15) is 15.0 Å². The number of hydrogen-bond acceptors (Lipinski definition) is 2. The Morgan fingerprint density at radius 2 is 1.55 bits per heavy atom. The SMILES string of the molecule is Brc1cc(Cc2ccccc2)cc(Cn2nccn2)c1. The van der Waals surface area contributed by atoms with Crippen LogP contribution < -0.4 is 0 Å². The molecule has 0 aliphatic heterocycles. The van der Waals surface area contributed by atoms with Crippen molar-refractivity contribution in [3.8, 4) is 0 Å². The molecule has 3 rings (SSSR count). The lowest BCUT2D eigenvalue weighted by Gasteiger charge is -2.07. The van der Waals surface area contributed by atoms with Gasteiger partial charge < -0.3 is 0 Å². The molecule has 0 saturated heterocycles. The van der Waals surface area contributed by atoms with Gasteiger partial charge in [-0.3, -0.25) is 0 Å². The average Bonchev–Trinajstić information content (AvgIpc) is 2.92. The van der Waals surface area contributed by atoms with E-state index in [4.69, 9.17) is 0 Å². The molecule has 20 heavy (non-hydrogen) atoms. The van der Waals surface area contributed by atoms with Crippen molar-refractivity contribution in [3.63, 3.8) is 0 Å². The maximum absolute atomic E-state index is 4.15. The minimum atomic E-state index is 0.689. The monoisotopic (exact) mass is 327 g/mol. The fourth-order valence-electron chi connectivity index (χ4n) is 2.23. The first kappa shape index (κ1) is 13.1. The van der Waals surface area contributed by atoms with E-state index in [1.165, 1.54) is 16.7 Å². The van der Waals surface area contributed by atoms with Gasteiger partial charge in [0.1, 0.15) is 0 Å². The van der Waals surface area contributed by atoms with Gasteiger partial charge in [-0.15, -0.1) is 0 Å². The Labute approximate surface area is 126 Å². The summed E-state index contributed by atoms with van der Waals surface area (Å²) in [6, 6.07) is 17.0. The fraction of sp³-hybridized carbons (Fsp3) is 0.125. The molecule has 0 fully saturated rings. The zero-order chi connectivity index (χ0) is 13.8. The zero-order valence-corrected chi connectivity index (χ0v) is 12.5. The van der Waals surface area contributed by atoms with Crippen molar-refractivity contribution in [3.05, 3.63) is 82.1 Å². The van der Waals surface area contributed by atoms with Crippen LogP contribution in [0.3, 0.4) is 0 Å². The summed E-state index contributed by atoms with van der Waals surface area (Å²) in [5.74, 6) is 0. The average molecular weight is 328 g/mol. The lowest BCUT2D eigenvalue weighted by atomic mass is 10.0. The minimum absolute atomic E-state index is 0.689. The molecule has 0 aliphatic rings. The number of hydrogen-bond donors (Lipinski definition) is 0. The molecule has 1 aromatic heterocycles. The van der Waals surface area contributed by atoms with Crippen LogP contribution in [0.5, 0.6) is 0 Å². The molecule has 3 aromatic rings. The van der Waals surface area contributed by atoms with E-state index < -0.39 is 0 Å². The highest BCUT2D eigenvalue weighted by Gasteiger charge is 2.03. The fourth-order valence-corrected chi connectivity index (χ4v) is 2.82. The zero-order valence-electron chi connectivity index (χ0n) is 10.9. The standard InChI is InChI=1S/C16H14BrN3/c17-16-10-14(8-13-4-2-1-3-5-13)9-15(11-16)12-20-18-6-7-19-20/h1-7,9-11H,8,12H2. The van der Waals surface area contributed by atoms with Crippen LogP contribution in [0.1, 0.15) is 16.7 Å². The summed E-state index contributed by atoms with van der Waals surface area (Å²) >= 11 is 3.58. The Balaban J connectivity index is 1.83. The molecule has 0 bridgehead atoms. The van der Waals surface area contributed by atoms with Crippen molar-refractivity contribution in [2.75, 3.05) is 0 Å². The van der Waals surface area contributed by atoms with Crippen molar-refractivity contribution in [1.82, 2.24) is 15.0 Å². The first-order valence-electron chi connectivity index (χ1n) is 6.46. The Hall–Kier alpha value is -1.94. The molecule has 100 valence electrons. The molecule has 1 heterocycles. The summed E-state index contributed by atoms with van der Waals surface area (Å²) in [4.78, 5) is 1.69. The molecule has 4 heteroatoms. The van der Waals surface area contributed by atoms with Gasteiger partial charge in [0.2, 0.25) is 0 Å². The molecule has 0 radical (unpaired) electrons. The molecule has 0 spiro atoms. The third kappa shape index (κ3) is 3.33. The van der Waals surface area contributed by atoms with E-state index in [-0.39, 0.29) is 0 Å². The van der Waals surface area contributed by atoms with Gasteiger partial charge in [0.05, 0.1) is 18.9 Å². The molecule has 0 aliphatic carbocycles. The predicted octanol–water partition coefficient (Wildman–Crippen LogP) is 3.68. The van der Waals surface area contributed by atoms with Crippen LogP contribution in [-0.4, -0.2) is 15.0 Å². The first-order chi connectivity index (χ1) is 9.79. The van der Waals surface area contributed by atoms with E-state index in [0.29, 0.717) is 6.54 Å². The Kier molecular flexibility index (Phi) is 3.92. The van der Waals surface area contributed by atoms with Crippen LogP contribution in [0.4, 0.5) is 0 Å². The van der Waals surface area contributed by atoms with Gasteiger partial charge >= 0.3 is 0 Å². The largest absolute Gasteiger partial charge is 0.180 e. The number of aromatic nitrogens is 3. The predicted molar refractivity (Wildman–Crippen MR) is 82.5 cm³/mol. The van der Waals surface area contributed by atoms with Crippen LogP contribution in [0, 0.1) is 0 Å². The number of rotatable bonds is 4. The summed E-state index contributed by atoms with van der Waals surface area (Å²) in [5.41, 5.74) is 3.79. The van der Waals surface area contributed by atoms with E-state index in [0.717, 1.165) is 10.9 Å². The molecule has 0 unspecified atom stereocenters. The molecule has 2 aromatic carbocycles. The van der Waals surface area contributed by atoms with Crippen molar-refractivity contribution >= 4 is 15.9 Å². The summed E-state index contributed by atoms with van der Waals surface area (Å²) in [6.45, 7) is 0.689. The summed E-state index contributed by atoms with van der Waals surface area (Å²) in [6.07, 6.45) is 4.32. The number of nitrogens with zero attached hydrogens (tertiary/aromatic N) is 3. The van der Waals surface area contributed by atoms with Crippen LogP contribution >= 0.6 is 15.9 Å². The van der Waals surface area contributed by atoms with Gasteiger partial charge in [-0.1, -0.05) is 52.3 Å². The van der Waals surface area contributed by atoms with E-state index in [1.54, 1.807) is 17.2 Å². The maximum atomic E-state index is 4.15. The van der Waals surface area contributed by atoms with Gasteiger partial charge in [0.25, 0.3) is 0 Å². The molecule has 0 amide bonds. The van der Waals surface area contributed by atoms with E-state index in [1.807, 2.05) is 6.07 Å². The Bertz CT molecular complexity index is 678. The summed E-state index contributed by atoms with van der Waals surface area (Å²) in [5, 5.41) is 8.29. The topological polar surface area (TPSA) is 30.7 Å². The molecule has 3 nitrogen and oxygen atoms in total. The third-order valence-electron chi connectivity index (χ3n) is 3.06. The molecule has 0 saturated carbocycles. The second-order valence-electron chi connectivity index (χ2n) is 4.69. The molecular weight excluding hydrogens is 314 g/mol. The molecule has 0 N–H and O–H groups in total. The second kappa shape index (κ2) is 6.01. The van der Waals surface area contributed by atoms with Gasteiger partial charge in [-0.25, -0.2) is 0 Å². The first-order valence-corrected chi connectivity index (χ1v) is 7.25. The lowest BCUT2D eigenvalue weighted by Crippen LogP contribution is -2.04. The summed E-state index contributed by atoms with van der Waals surface area (Å²) in [7, 11) is 0. The minimum Gasteiger partial charge on any atom is -0.180 e. The Morgan fingerprint density at radius 1 is 0.850 bits per heavy atom. The van der Waals surface area contributed by atoms with Gasteiger partial charge in [0.15, 0.2) is 0 Å². The van der Waals surface area contributed by atoms with Crippen LogP contribution in [0.15, 0.2) is 65.4 Å². The van der Waals surface area contributed by atoms with Gasteiger partial charge in [0, 0.05) is 4.47 Å². The van der Waals surface area contributed by atoms with Gasteiger partial charge in [-0.05, 0) is 35.2 Å². The van der Waals surface area contributed by atoms with Crippen molar-refractivity contribution < 1.29 is 0 Å². The van der Waals surface area contributed by atoms with Crippen molar-refractivity contribution in [2.24, 2.45) is 0 Å². The van der Waals surface area contributed by atoms with E-state index >= 15 is 0 Å². The maximum Gasteiger partial charge on any atom is 0.0857 e. The second-order valence-corrected chi connectivity index (χ2v) is 5.61. The summed E-state index contributed by atoms with van der Waals surface area (Å²) < 4.78 is 1.09. The normalized spacial score (nSPS) is 10.7. The highest BCUT2D eigenvalue weighted by molar-refractivity contribution is 9.10. The van der Waals surface area contributed by atoms with Crippen LogP contribution in [-0.2, 0) is 13.0 Å². The lowest BCUT2D eigenvalue weighted by molar-refractivity contribution is 0.591. The molecule has 0 atom stereocenters. The number of halogens is 1. The highest BCUT2D eigenvalue weighted by atomic mass is 79.9. The third-order valence-corrected chi connectivity index (χ3v) is 3.52. The number of benzene rings is 2.